The number of carbonyl (C=O) groups is 2. The predicted octanol–water partition coefficient (Wildman–Crippen LogP) is 4.07. The molecule has 160 valence electrons. The third kappa shape index (κ3) is 6.71. The average Bonchev–Trinajstić information content (AvgIpc) is 2.80. The number of nitrogens with zero attached hydrogens (tertiary/aromatic N) is 1. The number of carbonyl (C=O) groups excluding carboxylic acids is 2. The number of benzene rings is 3. The van der Waals surface area contributed by atoms with E-state index in [0.717, 1.165) is 16.7 Å². The molecule has 0 aliphatic heterocycles. The summed E-state index contributed by atoms with van der Waals surface area (Å²) in [5, 5.41) is 0. The maximum atomic E-state index is 13.0. The predicted molar refractivity (Wildman–Crippen MR) is 123 cm³/mol. The van der Waals surface area contributed by atoms with Crippen molar-refractivity contribution in [2.24, 2.45) is 5.73 Å². The van der Waals surface area contributed by atoms with Gasteiger partial charge in [-0.25, -0.2) is 0 Å². The minimum absolute atomic E-state index is 0.124. The summed E-state index contributed by atoms with van der Waals surface area (Å²) in [6, 6.07) is 27.7. The van der Waals surface area contributed by atoms with E-state index in [1.165, 1.54) is 0 Å². The molecule has 3 aromatic carbocycles. The molecule has 3 aromatic rings. The summed E-state index contributed by atoms with van der Waals surface area (Å²) < 4.78 is 5.90. The Morgan fingerprint density at radius 2 is 1.42 bits per heavy atom. The Kier molecular flexibility index (Phi) is 7.82. The first kappa shape index (κ1) is 22.1. The molecule has 1 atom stereocenters. The summed E-state index contributed by atoms with van der Waals surface area (Å²) in [5.41, 5.74) is 8.63. The number of ether oxygens (including phenoxy) is 1. The lowest BCUT2D eigenvalue weighted by molar-refractivity contribution is -0.138. The van der Waals surface area contributed by atoms with Crippen LogP contribution in [0.5, 0.6) is 5.75 Å². The Hall–Kier alpha value is -3.60. The van der Waals surface area contributed by atoms with Crippen LogP contribution in [0.3, 0.4) is 0 Å². The largest absolute Gasteiger partial charge is 0.481 e. The normalized spacial score (nSPS) is 11.5. The van der Waals surface area contributed by atoms with Crippen LogP contribution in [0.15, 0.2) is 84.9 Å². The van der Waals surface area contributed by atoms with Gasteiger partial charge in [0.1, 0.15) is 5.75 Å². The Labute approximate surface area is 183 Å². The lowest BCUT2D eigenvalue weighted by Gasteiger charge is -2.26. The van der Waals surface area contributed by atoms with E-state index in [9.17, 15) is 9.59 Å². The number of amides is 2. The highest BCUT2D eigenvalue weighted by molar-refractivity contribution is 5.82. The zero-order valence-electron chi connectivity index (χ0n) is 17.7. The molecule has 0 fully saturated rings. The molecule has 0 saturated heterocycles. The van der Waals surface area contributed by atoms with Crippen molar-refractivity contribution in [1.82, 2.24) is 4.90 Å². The van der Waals surface area contributed by atoms with Crippen molar-refractivity contribution >= 4 is 11.8 Å². The lowest BCUT2D eigenvalue weighted by atomic mass is 10.1. The highest BCUT2D eigenvalue weighted by atomic mass is 16.5. The van der Waals surface area contributed by atoms with E-state index < -0.39 is 12.0 Å². The fraction of sp³-hybridized carbons (Fsp3) is 0.231. The second-order valence-electron chi connectivity index (χ2n) is 7.43. The minimum atomic E-state index is -0.675. The molecule has 2 N–H and O–H groups in total. The van der Waals surface area contributed by atoms with Gasteiger partial charge in [0.15, 0.2) is 6.10 Å². The van der Waals surface area contributed by atoms with Crippen LogP contribution in [-0.4, -0.2) is 35.9 Å². The minimum Gasteiger partial charge on any atom is -0.481 e. The topological polar surface area (TPSA) is 72.6 Å². The Balaban J connectivity index is 1.63. The van der Waals surface area contributed by atoms with Crippen LogP contribution >= 0.6 is 0 Å². The van der Waals surface area contributed by atoms with Crippen LogP contribution in [0.2, 0.25) is 0 Å². The number of hydrogen-bond acceptors (Lipinski definition) is 3. The highest BCUT2D eigenvalue weighted by Crippen LogP contribution is 2.23. The van der Waals surface area contributed by atoms with Gasteiger partial charge in [0.25, 0.3) is 5.91 Å². The second kappa shape index (κ2) is 11.0. The quantitative estimate of drug-likeness (QED) is 0.542. The number of rotatable bonds is 10. The number of hydrogen-bond donors (Lipinski definition) is 1. The van der Waals surface area contributed by atoms with Crippen molar-refractivity contribution in [1.29, 1.82) is 0 Å². The van der Waals surface area contributed by atoms with E-state index in [4.69, 9.17) is 10.5 Å². The van der Waals surface area contributed by atoms with Crippen LogP contribution in [-0.2, 0) is 16.0 Å². The number of primary amides is 1. The van der Waals surface area contributed by atoms with Gasteiger partial charge in [-0.05, 0) is 42.2 Å². The van der Waals surface area contributed by atoms with Gasteiger partial charge in [0.2, 0.25) is 5.91 Å². The summed E-state index contributed by atoms with van der Waals surface area (Å²) >= 11 is 0. The van der Waals surface area contributed by atoms with Gasteiger partial charge in [-0.1, -0.05) is 72.8 Å². The number of nitrogens with two attached hydrogens (primary N) is 1. The summed E-state index contributed by atoms with van der Waals surface area (Å²) in [5.74, 6) is 0.0327. The highest BCUT2D eigenvalue weighted by Gasteiger charge is 2.22. The molecule has 0 bridgehead atoms. The molecule has 0 heterocycles. The molecule has 1 unspecified atom stereocenters. The standard InChI is InChI=1S/C26H28N2O3/c1-20(31-24-14-12-23(13-15-24)22-10-6-3-7-11-22)26(30)28(19-17-25(27)29)18-16-21-8-4-2-5-9-21/h2-15,20H,16-19H2,1H3,(H2,27,29). The molecule has 0 aliphatic rings. The summed E-state index contributed by atoms with van der Waals surface area (Å²) in [6.07, 6.45) is 0.147. The van der Waals surface area contributed by atoms with Crippen LogP contribution in [0, 0.1) is 0 Å². The summed E-state index contributed by atoms with van der Waals surface area (Å²) in [4.78, 5) is 25.9. The third-order valence-corrected chi connectivity index (χ3v) is 5.08. The maximum absolute atomic E-state index is 13.0. The SMILES string of the molecule is CC(Oc1ccc(-c2ccccc2)cc1)C(=O)N(CCC(N)=O)CCc1ccccc1. The summed E-state index contributed by atoms with van der Waals surface area (Å²) in [6.45, 7) is 2.51. The van der Waals surface area contributed by atoms with Gasteiger partial charge < -0.3 is 15.4 Å². The van der Waals surface area contributed by atoms with Crippen molar-refractivity contribution < 1.29 is 14.3 Å². The Bertz CT molecular complexity index is 973. The van der Waals surface area contributed by atoms with Gasteiger partial charge >= 0.3 is 0 Å². The molecule has 3 rings (SSSR count). The molecular weight excluding hydrogens is 388 g/mol. The smallest absolute Gasteiger partial charge is 0.263 e. The molecule has 5 heteroatoms. The molecular formula is C26H28N2O3. The van der Waals surface area contributed by atoms with E-state index in [1.54, 1.807) is 11.8 Å². The molecule has 0 aromatic heterocycles. The fourth-order valence-electron chi connectivity index (χ4n) is 3.35. The maximum Gasteiger partial charge on any atom is 0.263 e. The van der Waals surface area contributed by atoms with E-state index in [-0.39, 0.29) is 18.9 Å². The molecule has 0 spiro atoms. The van der Waals surface area contributed by atoms with E-state index in [0.29, 0.717) is 18.7 Å². The van der Waals surface area contributed by atoms with E-state index in [1.807, 2.05) is 84.9 Å². The van der Waals surface area contributed by atoms with Crippen molar-refractivity contribution in [3.8, 4) is 16.9 Å². The Morgan fingerprint density at radius 3 is 2.03 bits per heavy atom. The molecule has 0 aliphatic carbocycles. The van der Waals surface area contributed by atoms with Crippen LogP contribution < -0.4 is 10.5 Å². The van der Waals surface area contributed by atoms with Crippen molar-refractivity contribution in [3.63, 3.8) is 0 Å². The monoisotopic (exact) mass is 416 g/mol. The van der Waals surface area contributed by atoms with Crippen LogP contribution in [0.25, 0.3) is 11.1 Å². The first-order chi connectivity index (χ1) is 15.0. The first-order valence-electron chi connectivity index (χ1n) is 10.5. The zero-order chi connectivity index (χ0) is 22.1. The lowest BCUT2D eigenvalue weighted by Crippen LogP contribution is -2.43. The third-order valence-electron chi connectivity index (χ3n) is 5.08. The van der Waals surface area contributed by atoms with Gasteiger partial charge in [-0.2, -0.15) is 0 Å². The zero-order valence-corrected chi connectivity index (χ0v) is 17.7. The molecule has 0 radical (unpaired) electrons. The molecule has 0 saturated carbocycles. The van der Waals surface area contributed by atoms with Crippen LogP contribution in [0.1, 0.15) is 18.9 Å². The Morgan fingerprint density at radius 1 is 0.839 bits per heavy atom. The van der Waals surface area contributed by atoms with Crippen molar-refractivity contribution in [3.05, 3.63) is 90.5 Å². The first-order valence-corrected chi connectivity index (χ1v) is 10.5. The molecule has 2 amide bonds. The second-order valence-corrected chi connectivity index (χ2v) is 7.43. The fourth-order valence-corrected chi connectivity index (χ4v) is 3.35. The molecule has 31 heavy (non-hydrogen) atoms. The van der Waals surface area contributed by atoms with Gasteiger partial charge in [-0.3, -0.25) is 9.59 Å². The van der Waals surface area contributed by atoms with E-state index in [2.05, 4.69) is 0 Å². The van der Waals surface area contributed by atoms with Crippen molar-refractivity contribution in [2.45, 2.75) is 25.9 Å². The molecule has 5 nitrogen and oxygen atoms in total. The van der Waals surface area contributed by atoms with Gasteiger partial charge in [0.05, 0.1) is 0 Å². The summed E-state index contributed by atoms with van der Waals surface area (Å²) in [7, 11) is 0. The van der Waals surface area contributed by atoms with Gasteiger partial charge in [-0.15, -0.1) is 0 Å². The van der Waals surface area contributed by atoms with Gasteiger partial charge in [0, 0.05) is 19.5 Å². The van der Waals surface area contributed by atoms with Crippen molar-refractivity contribution in [2.75, 3.05) is 13.1 Å². The average molecular weight is 417 g/mol. The van der Waals surface area contributed by atoms with Crippen LogP contribution in [0.4, 0.5) is 0 Å². The van der Waals surface area contributed by atoms with E-state index >= 15 is 0 Å².